The summed E-state index contributed by atoms with van der Waals surface area (Å²) in [4.78, 5) is 20.1. The molecule has 1 aliphatic rings. The van der Waals surface area contributed by atoms with Crippen LogP contribution in [0.3, 0.4) is 0 Å². The van der Waals surface area contributed by atoms with Gasteiger partial charge in [0.15, 0.2) is 12.0 Å². The zero-order valence-electron chi connectivity index (χ0n) is 18.4. The molecule has 0 spiro atoms. The first-order chi connectivity index (χ1) is 15.8. The van der Waals surface area contributed by atoms with Gasteiger partial charge >= 0.3 is 0 Å². The van der Waals surface area contributed by atoms with Gasteiger partial charge in [0.1, 0.15) is 18.2 Å². The Kier molecular flexibility index (Phi) is 7.73. The van der Waals surface area contributed by atoms with E-state index < -0.39 is 11.7 Å². The summed E-state index contributed by atoms with van der Waals surface area (Å²) in [5.41, 5.74) is 1.96. The Labute approximate surface area is 196 Å². The van der Waals surface area contributed by atoms with Crippen molar-refractivity contribution in [3.05, 3.63) is 46.7 Å². The number of nitrogens with zero attached hydrogens (tertiary/aromatic N) is 4. The van der Waals surface area contributed by atoms with E-state index in [-0.39, 0.29) is 11.7 Å². The summed E-state index contributed by atoms with van der Waals surface area (Å²) in [7, 11) is 3.71. The molecule has 0 unspecified atom stereocenters. The van der Waals surface area contributed by atoms with E-state index in [9.17, 15) is 14.4 Å². The number of aliphatic imine (C=N–C) groups is 1. The van der Waals surface area contributed by atoms with E-state index >= 15 is 0 Å². The number of amidine groups is 1. The zero-order valence-corrected chi connectivity index (χ0v) is 19.1. The maximum atomic E-state index is 13.6. The fraction of sp³-hybridized carbons (Fsp3) is 0.261. The Hall–Kier alpha value is -3.79. The molecule has 0 aliphatic carbocycles. The van der Waals surface area contributed by atoms with Crippen molar-refractivity contribution in [2.45, 2.75) is 6.92 Å². The van der Waals surface area contributed by atoms with E-state index in [1.807, 2.05) is 25.9 Å². The Balaban J connectivity index is 2.05. The highest BCUT2D eigenvalue weighted by atomic mass is 35.5. The van der Waals surface area contributed by atoms with Crippen LogP contribution >= 0.6 is 11.6 Å². The molecule has 2 aromatic rings. The smallest absolute Gasteiger partial charge is 0.300 e. The lowest BCUT2D eigenvalue weighted by atomic mass is 10.1. The highest BCUT2D eigenvalue weighted by Crippen LogP contribution is 2.35. The Bertz CT molecular complexity index is 1200. The van der Waals surface area contributed by atoms with Crippen LogP contribution in [0.4, 0.5) is 21.5 Å². The molecular weight excluding hydrogens is 447 g/mol. The van der Waals surface area contributed by atoms with Gasteiger partial charge in [-0.2, -0.15) is 5.26 Å². The van der Waals surface area contributed by atoms with Crippen LogP contribution in [0, 0.1) is 29.1 Å². The van der Waals surface area contributed by atoms with Crippen molar-refractivity contribution >= 4 is 40.4 Å². The summed E-state index contributed by atoms with van der Waals surface area (Å²) in [5, 5.41) is 15.4. The second-order valence-corrected chi connectivity index (χ2v) is 7.62. The van der Waals surface area contributed by atoms with Crippen LogP contribution in [0.15, 0.2) is 35.3 Å². The van der Waals surface area contributed by atoms with Gasteiger partial charge in [-0.1, -0.05) is 17.5 Å². The number of ether oxygens (including phenoxy) is 1. The maximum absolute atomic E-state index is 13.6. The molecule has 2 N–H and O–H groups in total. The SMILES string of the molecule is CCOc1cc2c(cc1NC(=O)C#CCN(C)C)C(=Nc1ccc(F)c(Cl)c1)N(C#N)CN2. The average Bonchev–Trinajstić information content (AvgIpc) is 2.77. The number of nitriles is 1. The van der Waals surface area contributed by atoms with Crippen LogP contribution in [0.5, 0.6) is 5.75 Å². The molecule has 1 heterocycles. The zero-order chi connectivity index (χ0) is 24.0. The summed E-state index contributed by atoms with van der Waals surface area (Å²) in [6.45, 7) is 2.82. The monoisotopic (exact) mass is 468 g/mol. The lowest BCUT2D eigenvalue weighted by molar-refractivity contribution is -0.111. The van der Waals surface area contributed by atoms with Crippen molar-refractivity contribution < 1.29 is 13.9 Å². The van der Waals surface area contributed by atoms with E-state index in [2.05, 4.69) is 33.7 Å². The van der Waals surface area contributed by atoms with Gasteiger partial charge in [-0.25, -0.2) is 14.3 Å². The van der Waals surface area contributed by atoms with Crippen LogP contribution in [0.2, 0.25) is 5.02 Å². The van der Waals surface area contributed by atoms with Crippen molar-refractivity contribution in [1.29, 1.82) is 5.26 Å². The number of carbonyl (C=O) groups is 1. The number of fused-ring (bicyclic) bond motifs is 1. The average molecular weight is 469 g/mol. The molecule has 0 bridgehead atoms. The predicted molar refractivity (Wildman–Crippen MR) is 126 cm³/mol. The fourth-order valence-electron chi connectivity index (χ4n) is 2.98. The van der Waals surface area contributed by atoms with E-state index in [4.69, 9.17) is 16.3 Å². The molecule has 0 radical (unpaired) electrons. The first-order valence-corrected chi connectivity index (χ1v) is 10.4. The first kappa shape index (κ1) is 23.9. The minimum atomic E-state index is -0.565. The number of halogens is 2. The van der Waals surface area contributed by atoms with Crippen LogP contribution < -0.4 is 15.4 Å². The number of benzene rings is 2. The molecule has 10 heteroatoms. The standard InChI is InChI=1S/C23H22ClFN6O2/c1-4-33-21-12-19-16(11-20(21)29-22(32)6-5-9-30(2)3)23(31(13-26)14-27-19)28-15-7-8-18(25)17(24)10-15/h7-8,10-12,27H,4,9,14H2,1-3H3,(H,29,32). The van der Waals surface area contributed by atoms with Gasteiger partial charge in [-0.15, -0.1) is 0 Å². The Morgan fingerprint density at radius 2 is 2.18 bits per heavy atom. The lowest BCUT2D eigenvalue weighted by Crippen LogP contribution is -2.37. The summed E-state index contributed by atoms with van der Waals surface area (Å²) in [6.07, 6.45) is 2.07. The number of rotatable bonds is 5. The van der Waals surface area contributed by atoms with Gasteiger partial charge in [0.25, 0.3) is 5.91 Å². The van der Waals surface area contributed by atoms with E-state index in [0.717, 1.165) is 0 Å². The molecule has 2 aromatic carbocycles. The minimum Gasteiger partial charge on any atom is -0.492 e. The molecule has 1 amide bonds. The molecule has 8 nitrogen and oxygen atoms in total. The molecule has 0 atom stereocenters. The van der Waals surface area contributed by atoms with Gasteiger partial charge in [-0.3, -0.25) is 9.69 Å². The fourth-order valence-corrected chi connectivity index (χ4v) is 3.15. The number of hydrogen-bond acceptors (Lipinski definition) is 6. The van der Waals surface area contributed by atoms with E-state index in [0.29, 0.717) is 47.4 Å². The van der Waals surface area contributed by atoms with Crippen LogP contribution in [0.1, 0.15) is 12.5 Å². The normalized spacial score (nSPS) is 13.5. The van der Waals surface area contributed by atoms with Crippen LogP contribution in [-0.4, -0.2) is 55.5 Å². The molecule has 1 aliphatic heterocycles. The van der Waals surface area contributed by atoms with Gasteiger partial charge in [0.05, 0.1) is 35.2 Å². The van der Waals surface area contributed by atoms with Crippen LogP contribution in [0.25, 0.3) is 0 Å². The summed E-state index contributed by atoms with van der Waals surface area (Å²) >= 11 is 5.89. The molecule has 0 aromatic heterocycles. The predicted octanol–water partition coefficient (Wildman–Crippen LogP) is 3.63. The van der Waals surface area contributed by atoms with Crippen molar-refractivity contribution in [3.63, 3.8) is 0 Å². The Morgan fingerprint density at radius 3 is 2.85 bits per heavy atom. The molecule has 0 saturated heterocycles. The molecule has 0 fully saturated rings. The highest BCUT2D eigenvalue weighted by Gasteiger charge is 2.25. The third-order valence-corrected chi connectivity index (χ3v) is 4.74. The van der Waals surface area contributed by atoms with E-state index in [1.165, 1.54) is 23.1 Å². The number of nitrogens with one attached hydrogen (secondary N) is 2. The topological polar surface area (TPSA) is 93.0 Å². The molecule has 3 rings (SSSR count). The number of hydrogen-bond donors (Lipinski definition) is 2. The molecule has 170 valence electrons. The van der Waals surface area contributed by atoms with Crippen LogP contribution in [-0.2, 0) is 4.79 Å². The largest absolute Gasteiger partial charge is 0.492 e. The number of anilines is 2. The molecule has 0 saturated carbocycles. The van der Waals surface area contributed by atoms with Gasteiger partial charge in [0.2, 0.25) is 0 Å². The number of carbonyl (C=O) groups excluding carboxylic acids is 1. The molecular formula is C23H22ClFN6O2. The first-order valence-electron chi connectivity index (χ1n) is 10.0. The van der Waals surface area contributed by atoms with Gasteiger partial charge in [0, 0.05) is 11.6 Å². The van der Waals surface area contributed by atoms with Gasteiger partial charge < -0.3 is 15.4 Å². The Morgan fingerprint density at radius 1 is 1.39 bits per heavy atom. The number of amides is 1. The highest BCUT2D eigenvalue weighted by molar-refractivity contribution is 6.31. The van der Waals surface area contributed by atoms with Crippen molar-refractivity contribution in [1.82, 2.24) is 9.80 Å². The third-order valence-electron chi connectivity index (χ3n) is 4.45. The summed E-state index contributed by atoms with van der Waals surface area (Å²) in [5.74, 6) is 5.01. The minimum absolute atomic E-state index is 0.0783. The summed E-state index contributed by atoms with van der Waals surface area (Å²) in [6, 6.07) is 7.42. The van der Waals surface area contributed by atoms with Crippen molar-refractivity contribution in [2.75, 3.05) is 44.5 Å². The van der Waals surface area contributed by atoms with Gasteiger partial charge in [-0.05, 0) is 51.2 Å². The lowest BCUT2D eigenvalue weighted by Gasteiger charge is -2.28. The molecule has 33 heavy (non-hydrogen) atoms. The maximum Gasteiger partial charge on any atom is 0.300 e. The second kappa shape index (κ2) is 10.7. The van der Waals surface area contributed by atoms with Crippen molar-refractivity contribution in [2.24, 2.45) is 4.99 Å². The summed E-state index contributed by atoms with van der Waals surface area (Å²) < 4.78 is 19.3. The van der Waals surface area contributed by atoms with E-state index in [1.54, 1.807) is 12.1 Å². The van der Waals surface area contributed by atoms with Crippen molar-refractivity contribution in [3.8, 4) is 23.8 Å². The third kappa shape index (κ3) is 5.92. The quantitative estimate of drug-likeness (QED) is 0.514. The second-order valence-electron chi connectivity index (χ2n) is 7.22.